The third-order valence-corrected chi connectivity index (χ3v) is 4.13. The maximum absolute atomic E-state index is 12.1. The fourth-order valence-corrected chi connectivity index (χ4v) is 2.70. The molecule has 0 spiro atoms. The Morgan fingerprint density at radius 3 is 2.38 bits per heavy atom. The third-order valence-electron chi connectivity index (χ3n) is 4.13. The van der Waals surface area contributed by atoms with Crippen LogP contribution in [-0.2, 0) is 4.74 Å². The van der Waals surface area contributed by atoms with Gasteiger partial charge in [0.1, 0.15) is 5.60 Å². The van der Waals surface area contributed by atoms with E-state index >= 15 is 0 Å². The van der Waals surface area contributed by atoms with Gasteiger partial charge in [0, 0.05) is 52.2 Å². The van der Waals surface area contributed by atoms with Gasteiger partial charge in [0.25, 0.3) is 0 Å². The minimum atomic E-state index is -0.454. The summed E-state index contributed by atoms with van der Waals surface area (Å²) in [5.41, 5.74) is 0.0233. The fourth-order valence-electron chi connectivity index (χ4n) is 2.70. The summed E-state index contributed by atoms with van der Waals surface area (Å²) in [6.07, 6.45) is 4.54. The van der Waals surface area contributed by atoms with E-state index in [1.807, 2.05) is 32.7 Å². The van der Waals surface area contributed by atoms with E-state index in [-0.39, 0.29) is 6.09 Å². The highest BCUT2D eigenvalue weighted by atomic mass is 16.6. The maximum Gasteiger partial charge on any atom is 0.410 e. The Balaban J connectivity index is 1.68. The lowest BCUT2D eigenvalue weighted by Crippen LogP contribution is -2.50. The van der Waals surface area contributed by atoms with E-state index < -0.39 is 5.60 Å². The van der Waals surface area contributed by atoms with Crippen molar-refractivity contribution in [2.45, 2.75) is 32.8 Å². The van der Waals surface area contributed by atoms with Gasteiger partial charge in [0.05, 0.1) is 5.56 Å². The number of ether oxygens (including phenoxy) is 1. The summed E-state index contributed by atoms with van der Waals surface area (Å²) in [4.78, 5) is 37.2. The quantitative estimate of drug-likeness (QED) is 0.711. The number of anilines is 1. The Morgan fingerprint density at radius 1 is 1.23 bits per heavy atom. The van der Waals surface area contributed by atoms with Gasteiger partial charge < -0.3 is 14.5 Å². The standard InChI is InChI=1S/C18H29N5O3/c1-18(2,3)26-17(25)23-10-8-22(9-11-23)7-5-6-21(4)16-19-12-15(14-24)13-20-16/h12-14H,5-11H2,1-4H3. The zero-order chi connectivity index (χ0) is 19.2. The number of hydrogen-bond acceptors (Lipinski definition) is 7. The van der Waals surface area contributed by atoms with Crippen LogP contribution >= 0.6 is 0 Å². The van der Waals surface area contributed by atoms with Crippen LogP contribution in [0.2, 0.25) is 0 Å². The van der Waals surface area contributed by atoms with Crippen molar-refractivity contribution >= 4 is 18.3 Å². The van der Waals surface area contributed by atoms with Gasteiger partial charge in [-0.3, -0.25) is 9.69 Å². The third kappa shape index (κ3) is 6.25. The second kappa shape index (κ2) is 8.93. The van der Waals surface area contributed by atoms with Crippen LogP contribution in [0.5, 0.6) is 0 Å². The van der Waals surface area contributed by atoms with Crippen molar-refractivity contribution in [2.75, 3.05) is 51.2 Å². The lowest BCUT2D eigenvalue weighted by Gasteiger charge is -2.35. The monoisotopic (exact) mass is 363 g/mol. The second-order valence-corrected chi connectivity index (χ2v) is 7.52. The van der Waals surface area contributed by atoms with E-state index in [0.29, 0.717) is 24.6 Å². The molecule has 0 N–H and O–H groups in total. The Labute approximate surface area is 155 Å². The molecule has 1 aromatic rings. The number of rotatable bonds is 6. The van der Waals surface area contributed by atoms with Gasteiger partial charge in [-0.2, -0.15) is 0 Å². The van der Waals surface area contributed by atoms with Crippen LogP contribution in [0.3, 0.4) is 0 Å². The Hall–Kier alpha value is -2.22. The SMILES string of the molecule is CN(CCCN1CCN(C(=O)OC(C)(C)C)CC1)c1ncc(C=O)cn1. The molecule has 144 valence electrons. The molecule has 0 unspecified atom stereocenters. The minimum Gasteiger partial charge on any atom is -0.444 e. The molecular formula is C18H29N5O3. The number of hydrogen-bond donors (Lipinski definition) is 0. The molecule has 1 aliphatic rings. The molecule has 8 heteroatoms. The molecule has 1 saturated heterocycles. The number of amides is 1. The van der Waals surface area contributed by atoms with Crippen LogP contribution in [0.4, 0.5) is 10.7 Å². The summed E-state index contributed by atoms with van der Waals surface area (Å²) < 4.78 is 5.42. The zero-order valence-electron chi connectivity index (χ0n) is 16.1. The summed E-state index contributed by atoms with van der Waals surface area (Å²) in [5.74, 6) is 0.616. The van der Waals surface area contributed by atoms with Crippen LogP contribution in [0, 0.1) is 0 Å². The van der Waals surface area contributed by atoms with Crippen LogP contribution in [0.1, 0.15) is 37.6 Å². The molecule has 0 saturated carbocycles. The van der Waals surface area contributed by atoms with Crippen molar-refractivity contribution in [3.63, 3.8) is 0 Å². The Kier molecular flexibility index (Phi) is 6.90. The van der Waals surface area contributed by atoms with Gasteiger partial charge >= 0.3 is 6.09 Å². The van der Waals surface area contributed by atoms with Crippen molar-refractivity contribution in [2.24, 2.45) is 0 Å². The lowest BCUT2D eigenvalue weighted by molar-refractivity contribution is 0.0145. The van der Waals surface area contributed by atoms with Crippen LogP contribution in [0.15, 0.2) is 12.4 Å². The molecule has 0 atom stereocenters. The van der Waals surface area contributed by atoms with E-state index in [0.717, 1.165) is 38.9 Å². The summed E-state index contributed by atoms with van der Waals surface area (Å²) >= 11 is 0. The number of aldehydes is 1. The highest BCUT2D eigenvalue weighted by molar-refractivity contribution is 5.73. The van der Waals surface area contributed by atoms with E-state index in [1.54, 1.807) is 4.90 Å². The van der Waals surface area contributed by atoms with E-state index in [4.69, 9.17) is 4.74 Å². The molecule has 2 rings (SSSR count). The molecular weight excluding hydrogens is 334 g/mol. The van der Waals surface area contributed by atoms with Gasteiger partial charge in [0.15, 0.2) is 6.29 Å². The second-order valence-electron chi connectivity index (χ2n) is 7.52. The number of aromatic nitrogens is 2. The highest BCUT2D eigenvalue weighted by Gasteiger charge is 2.25. The molecule has 1 amide bonds. The Bertz CT molecular complexity index is 592. The van der Waals surface area contributed by atoms with Gasteiger partial charge in [-0.1, -0.05) is 0 Å². The number of carbonyl (C=O) groups is 2. The first-order valence-corrected chi connectivity index (χ1v) is 8.97. The van der Waals surface area contributed by atoms with Gasteiger partial charge in [-0.25, -0.2) is 14.8 Å². The molecule has 1 fully saturated rings. The van der Waals surface area contributed by atoms with Gasteiger partial charge in [-0.05, 0) is 33.7 Å². The fraction of sp³-hybridized carbons (Fsp3) is 0.667. The van der Waals surface area contributed by atoms with E-state index in [9.17, 15) is 9.59 Å². The van der Waals surface area contributed by atoms with Crippen LogP contribution in [-0.4, -0.2) is 84.1 Å². The van der Waals surface area contributed by atoms with E-state index in [1.165, 1.54) is 12.4 Å². The first-order valence-electron chi connectivity index (χ1n) is 8.97. The summed E-state index contributed by atoms with van der Waals surface area (Å²) in [6, 6.07) is 0. The molecule has 0 radical (unpaired) electrons. The van der Waals surface area contributed by atoms with Gasteiger partial charge in [-0.15, -0.1) is 0 Å². The number of carbonyl (C=O) groups excluding carboxylic acids is 2. The average molecular weight is 363 g/mol. The number of piperazine rings is 1. The first kappa shape index (κ1) is 20.1. The highest BCUT2D eigenvalue weighted by Crippen LogP contribution is 2.12. The molecule has 26 heavy (non-hydrogen) atoms. The molecule has 8 nitrogen and oxygen atoms in total. The molecule has 1 aliphatic heterocycles. The molecule has 0 bridgehead atoms. The van der Waals surface area contributed by atoms with Crippen molar-refractivity contribution in [3.05, 3.63) is 18.0 Å². The summed E-state index contributed by atoms with van der Waals surface area (Å²) in [6.45, 7) is 10.5. The molecule has 0 aromatic carbocycles. The Morgan fingerprint density at radius 2 is 1.85 bits per heavy atom. The van der Waals surface area contributed by atoms with Gasteiger partial charge in [0.2, 0.25) is 5.95 Å². The minimum absolute atomic E-state index is 0.229. The smallest absolute Gasteiger partial charge is 0.410 e. The van der Waals surface area contributed by atoms with E-state index in [2.05, 4.69) is 14.9 Å². The predicted octanol–water partition coefficient (Wildman–Crippen LogP) is 1.67. The largest absolute Gasteiger partial charge is 0.444 e. The van der Waals surface area contributed by atoms with Crippen molar-refractivity contribution in [3.8, 4) is 0 Å². The van der Waals surface area contributed by atoms with Crippen LogP contribution in [0.25, 0.3) is 0 Å². The zero-order valence-corrected chi connectivity index (χ0v) is 16.1. The van der Waals surface area contributed by atoms with Crippen molar-refractivity contribution < 1.29 is 14.3 Å². The summed E-state index contributed by atoms with van der Waals surface area (Å²) in [7, 11) is 1.94. The van der Waals surface area contributed by atoms with Crippen molar-refractivity contribution in [1.82, 2.24) is 19.8 Å². The number of nitrogens with zero attached hydrogens (tertiary/aromatic N) is 5. The van der Waals surface area contributed by atoms with Crippen LogP contribution < -0.4 is 4.90 Å². The summed E-state index contributed by atoms with van der Waals surface area (Å²) in [5, 5.41) is 0. The molecule has 0 aliphatic carbocycles. The maximum atomic E-state index is 12.1. The molecule has 1 aromatic heterocycles. The molecule has 2 heterocycles. The first-order chi connectivity index (χ1) is 12.3. The normalized spacial score (nSPS) is 15.6. The van der Waals surface area contributed by atoms with Crippen molar-refractivity contribution in [1.29, 1.82) is 0 Å². The predicted molar refractivity (Wildman–Crippen MR) is 99.6 cm³/mol. The lowest BCUT2D eigenvalue weighted by atomic mass is 10.2. The average Bonchev–Trinajstić information content (AvgIpc) is 2.61. The topological polar surface area (TPSA) is 78.9 Å².